The summed E-state index contributed by atoms with van der Waals surface area (Å²) in [5, 5.41) is 8.67. The number of H-pyrrole nitrogens is 1. The average molecular weight is 896 g/mol. The Morgan fingerprint density at radius 2 is 1.08 bits per heavy atom. The maximum absolute atomic E-state index is 14.2. The minimum atomic E-state index is -1.01. The molecule has 3 heterocycles. The number of hydrogen-bond acceptors (Lipinski definition) is 8. The number of nitrogens with one attached hydrogen (secondary N) is 4. The van der Waals surface area contributed by atoms with Crippen molar-refractivity contribution in [1.29, 1.82) is 0 Å². The predicted octanol–water partition coefficient (Wildman–Crippen LogP) is 9.11. The molecule has 0 radical (unpaired) electrons. The molecule has 0 aliphatic carbocycles. The number of imidazole rings is 1. The summed E-state index contributed by atoms with van der Waals surface area (Å²) in [5.41, 5.74) is 4.47. The van der Waals surface area contributed by atoms with Crippen LogP contribution in [0.3, 0.4) is 0 Å². The summed E-state index contributed by atoms with van der Waals surface area (Å²) in [6.45, 7) is 13.5. The Morgan fingerprint density at radius 1 is 0.606 bits per heavy atom. The summed E-state index contributed by atoms with van der Waals surface area (Å²) >= 11 is 0. The fourth-order valence-electron chi connectivity index (χ4n) is 8.52. The van der Waals surface area contributed by atoms with Gasteiger partial charge in [0.15, 0.2) is 0 Å². The highest BCUT2D eigenvalue weighted by Gasteiger charge is 2.40. The number of alkyl carbamates (subject to hydrolysis) is 2. The number of likely N-dealkylation sites (tertiary alicyclic amines) is 2. The zero-order chi connectivity index (χ0) is 47.2. The number of carbonyl (C=O) groups is 5. The Bertz CT molecular complexity index is 2480. The maximum atomic E-state index is 14.2. The zero-order valence-electron chi connectivity index (χ0n) is 38.8. The van der Waals surface area contributed by atoms with Crippen molar-refractivity contribution in [3.05, 3.63) is 138 Å². The van der Waals surface area contributed by atoms with Crippen LogP contribution in [-0.4, -0.2) is 80.0 Å². The SMILES string of the molecule is C[C@@H](NC(=O)[C@@H]1CCCN1C(=O)[C@H](NC(=O)OC(C)(C)C)c1ccccc1)c1ccc(-c2ccc(-c3cnc([C@@H]4CCCN4C(=O)[C@H](NC(=O)OC(C)(C)C)c4ccccc4)[nH]3)cc2)cc1. The van der Waals surface area contributed by atoms with Gasteiger partial charge < -0.3 is 40.2 Å². The molecule has 2 fully saturated rings. The minimum Gasteiger partial charge on any atom is -0.444 e. The van der Waals surface area contributed by atoms with E-state index in [0.717, 1.165) is 40.8 Å². The minimum absolute atomic E-state index is 0.227. The Kier molecular flexibility index (Phi) is 14.3. The van der Waals surface area contributed by atoms with Gasteiger partial charge >= 0.3 is 12.2 Å². The maximum Gasteiger partial charge on any atom is 0.408 e. The second kappa shape index (κ2) is 20.1. The van der Waals surface area contributed by atoms with Crippen LogP contribution < -0.4 is 16.0 Å². The number of aromatic nitrogens is 2. The van der Waals surface area contributed by atoms with E-state index in [9.17, 15) is 24.0 Å². The van der Waals surface area contributed by atoms with Crippen molar-refractivity contribution in [1.82, 2.24) is 35.7 Å². The van der Waals surface area contributed by atoms with Gasteiger partial charge in [-0.1, -0.05) is 109 Å². The molecule has 4 aromatic carbocycles. The van der Waals surface area contributed by atoms with Crippen molar-refractivity contribution >= 4 is 29.9 Å². The first-order chi connectivity index (χ1) is 31.4. The summed E-state index contributed by atoms with van der Waals surface area (Å²) in [7, 11) is 0. The third-order valence-corrected chi connectivity index (χ3v) is 11.7. The van der Waals surface area contributed by atoms with E-state index in [4.69, 9.17) is 14.5 Å². The van der Waals surface area contributed by atoms with Crippen molar-refractivity contribution < 1.29 is 33.4 Å². The van der Waals surface area contributed by atoms with Gasteiger partial charge in [0.25, 0.3) is 11.8 Å². The number of amides is 5. The first kappa shape index (κ1) is 47.0. The van der Waals surface area contributed by atoms with Crippen LogP contribution in [-0.2, 0) is 23.9 Å². The van der Waals surface area contributed by atoms with Gasteiger partial charge in [-0.05, 0) is 108 Å². The third kappa shape index (κ3) is 11.6. The van der Waals surface area contributed by atoms with Crippen LogP contribution in [0.4, 0.5) is 9.59 Å². The van der Waals surface area contributed by atoms with Crippen molar-refractivity contribution in [3.8, 4) is 22.4 Å². The van der Waals surface area contributed by atoms with Gasteiger partial charge in [-0.15, -0.1) is 0 Å². The molecule has 5 atom stereocenters. The molecular formula is C52H61N7O7. The highest BCUT2D eigenvalue weighted by Crippen LogP contribution is 2.35. The van der Waals surface area contributed by atoms with Gasteiger partial charge in [0.1, 0.15) is 35.2 Å². The fraction of sp³-hybridized carbons (Fsp3) is 0.385. The van der Waals surface area contributed by atoms with Crippen molar-refractivity contribution in [3.63, 3.8) is 0 Å². The van der Waals surface area contributed by atoms with Crippen LogP contribution in [0, 0.1) is 0 Å². The van der Waals surface area contributed by atoms with Crippen LogP contribution in [0.15, 0.2) is 115 Å². The van der Waals surface area contributed by atoms with E-state index in [1.54, 1.807) is 81.8 Å². The molecule has 2 saturated heterocycles. The van der Waals surface area contributed by atoms with Gasteiger partial charge in [0.2, 0.25) is 5.91 Å². The van der Waals surface area contributed by atoms with Gasteiger partial charge in [0, 0.05) is 13.1 Å². The Hall–Kier alpha value is -6.96. The van der Waals surface area contributed by atoms with E-state index in [-0.39, 0.29) is 29.8 Å². The Labute approximate surface area is 386 Å². The standard InChI is InChI=1S/C52H61N7O7/c1-33(54-46(60)42-21-15-31-59(42)48(62)44(39-18-12-9-13-19-39)57-50(64)66-52(5,6)7)34-22-24-35(25-23-34)36-26-28-37(29-27-36)40-32-53-45(55-40)41-20-14-30-58(41)47(61)43(38-16-10-8-11-17-38)56-49(63)65-51(2,3)4/h8-13,16-19,22-29,32-33,41-44H,14-15,20-21,30-31H2,1-7H3,(H,53,55)(H,54,60)(H,56,63)(H,57,64)/t33-,41+,42+,43-,44-/m1/s1. The van der Waals surface area contributed by atoms with Gasteiger partial charge in [0.05, 0.1) is 24.0 Å². The molecule has 0 bridgehead atoms. The summed E-state index contributed by atoms with van der Waals surface area (Å²) < 4.78 is 11.0. The first-order valence-corrected chi connectivity index (χ1v) is 22.7. The van der Waals surface area contributed by atoms with Crippen LogP contribution in [0.2, 0.25) is 0 Å². The lowest BCUT2D eigenvalue weighted by molar-refractivity contribution is -0.140. The normalized spacial score (nSPS) is 17.6. The van der Waals surface area contributed by atoms with Crippen molar-refractivity contribution in [2.75, 3.05) is 13.1 Å². The lowest BCUT2D eigenvalue weighted by Crippen LogP contribution is -2.50. The van der Waals surface area contributed by atoms with Crippen LogP contribution >= 0.6 is 0 Å². The molecule has 346 valence electrons. The van der Waals surface area contributed by atoms with Crippen molar-refractivity contribution in [2.24, 2.45) is 0 Å². The molecule has 7 rings (SSSR count). The van der Waals surface area contributed by atoms with Crippen molar-refractivity contribution in [2.45, 2.75) is 116 Å². The topological polar surface area (TPSA) is 175 Å². The fourth-order valence-corrected chi connectivity index (χ4v) is 8.52. The van der Waals surface area contributed by atoms with Gasteiger partial charge in [-0.2, -0.15) is 0 Å². The number of aromatic amines is 1. The molecule has 1 aromatic heterocycles. The lowest BCUT2D eigenvalue weighted by Gasteiger charge is -2.30. The molecule has 5 amide bonds. The number of rotatable bonds is 12. The highest BCUT2D eigenvalue weighted by molar-refractivity contribution is 5.93. The molecule has 0 saturated carbocycles. The number of hydrogen-bond donors (Lipinski definition) is 4. The highest BCUT2D eigenvalue weighted by atomic mass is 16.6. The average Bonchev–Trinajstić information content (AvgIpc) is 4.09. The smallest absolute Gasteiger partial charge is 0.408 e. The van der Waals surface area contributed by atoms with Gasteiger partial charge in [-0.3, -0.25) is 14.4 Å². The number of benzene rings is 4. The second-order valence-corrected chi connectivity index (χ2v) is 19.0. The molecule has 0 unspecified atom stereocenters. The number of nitrogens with zero attached hydrogens (tertiary/aromatic N) is 3. The van der Waals surface area contributed by atoms with E-state index in [1.165, 1.54) is 0 Å². The molecule has 66 heavy (non-hydrogen) atoms. The van der Waals surface area contributed by atoms with E-state index in [0.29, 0.717) is 42.9 Å². The molecule has 2 aliphatic rings. The van der Waals surface area contributed by atoms with E-state index >= 15 is 0 Å². The Balaban J connectivity index is 0.974. The molecule has 14 heteroatoms. The molecular weight excluding hydrogens is 835 g/mol. The number of ether oxygens (including phenoxy) is 2. The van der Waals surface area contributed by atoms with E-state index < -0.39 is 41.5 Å². The van der Waals surface area contributed by atoms with Crippen LogP contribution in [0.5, 0.6) is 0 Å². The largest absolute Gasteiger partial charge is 0.444 e. The molecule has 4 N–H and O–H groups in total. The third-order valence-electron chi connectivity index (χ3n) is 11.7. The molecule has 2 aliphatic heterocycles. The molecule has 0 spiro atoms. The number of carbonyl (C=O) groups excluding carboxylic acids is 5. The summed E-state index contributed by atoms with van der Waals surface area (Å²) in [4.78, 5) is 79.2. The summed E-state index contributed by atoms with van der Waals surface area (Å²) in [6.07, 6.45) is 3.11. The summed E-state index contributed by atoms with van der Waals surface area (Å²) in [6, 6.07) is 31.1. The van der Waals surface area contributed by atoms with Gasteiger partial charge in [-0.25, -0.2) is 14.6 Å². The van der Waals surface area contributed by atoms with Crippen LogP contribution in [0.1, 0.15) is 121 Å². The molecule has 5 aromatic rings. The van der Waals surface area contributed by atoms with E-state index in [2.05, 4.69) is 20.9 Å². The quantitative estimate of drug-likeness (QED) is 0.0959. The van der Waals surface area contributed by atoms with Crippen LogP contribution in [0.25, 0.3) is 22.4 Å². The molecule has 14 nitrogen and oxygen atoms in total. The lowest BCUT2D eigenvalue weighted by atomic mass is 9.99. The zero-order valence-corrected chi connectivity index (χ0v) is 38.8. The van der Waals surface area contributed by atoms with E-state index in [1.807, 2.05) is 91.9 Å². The summed E-state index contributed by atoms with van der Waals surface area (Å²) in [5.74, 6) is -0.163. The predicted molar refractivity (Wildman–Crippen MR) is 252 cm³/mol. The first-order valence-electron chi connectivity index (χ1n) is 22.7. The second-order valence-electron chi connectivity index (χ2n) is 19.0. The Morgan fingerprint density at radius 3 is 1.61 bits per heavy atom. The monoisotopic (exact) mass is 895 g/mol.